The lowest BCUT2D eigenvalue weighted by Crippen LogP contribution is -2.37. The largest absolute Gasteiger partial charge is 0.419 e. The summed E-state index contributed by atoms with van der Waals surface area (Å²) in [5, 5.41) is 15.3. The van der Waals surface area contributed by atoms with Crippen molar-refractivity contribution in [3.63, 3.8) is 0 Å². The Morgan fingerprint density at radius 2 is 2.08 bits per heavy atom. The van der Waals surface area contributed by atoms with Crippen LogP contribution in [0.2, 0.25) is 0 Å². The average Bonchev–Trinajstić information content (AvgIpc) is 2.92. The van der Waals surface area contributed by atoms with Crippen LogP contribution in [0.25, 0.3) is 11.3 Å². The minimum Gasteiger partial charge on any atom is -0.394 e. The van der Waals surface area contributed by atoms with E-state index >= 15 is 0 Å². The maximum absolute atomic E-state index is 13.7. The number of alkyl halides is 3. The molecule has 136 valence electrons. The fraction of sp³-hybridized carbons (Fsp3) is 0.375. The quantitative estimate of drug-likeness (QED) is 0.803. The van der Waals surface area contributed by atoms with Gasteiger partial charge in [-0.15, -0.1) is 0 Å². The monoisotopic (exact) mass is 360 g/mol. The smallest absolute Gasteiger partial charge is 0.394 e. The summed E-state index contributed by atoms with van der Waals surface area (Å²) < 4.78 is 56.5. The third-order valence-electron chi connectivity index (χ3n) is 3.72. The highest BCUT2D eigenvalue weighted by Crippen LogP contribution is 2.34. The van der Waals surface area contributed by atoms with Crippen LogP contribution in [0.1, 0.15) is 35.0 Å². The zero-order valence-electron chi connectivity index (χ0n) is 13.4. The van der Waals surface area contributed by atoms with Gasteiger partial charge in [0.05, 0.1) is 18.2 Å². The Labute approximate surface area is 140 Å². The van der Waals surface area contributed by atoms with E-state index in [1.165, 1.54) is 6.92 Å². The molecular weight excluding hydrogens is 344 g/mol. The predicted octanol–water partition coefficient (Wildman–Crippen LogP) is 3.31. The molecule has 0 saturated carbocycles. The van der Waals surface area contributed by atoms with Crippen LogP contribution in [0.5, 0.6) is 0 Å². The van der Waals surface area contributed by atoms with Gasteiger partial charge in [-0.25, -0.2) is 4.39 Å². The standard InChI is InChI=1S/C16H16F4N2O3/c1-3-10(7-23)21-15(24)13-8(2)14(25-22-13)9-4-5-11(12(17)6-9)16(18,19)20/h4-6,10,23H,3,7H2,1-2H3,(H,21,24)/t10-/m1/s1. The summed E-state index contributed by atoms with van der Waals surface area (Å²) in [6.45, 7) is 3.00. The van der Waals surface area contributed by atoms with Crippen molar-refractivity contribution in [1.82, 2.24) is 10.5 Å². The first-order valence-electron chi connectivity index (χ1n) is 7.44. The van der Waals surface area contributed by atoms with Crippen LogP contribution in [0.3, 0.4) is 0 Å². The highest BCUT2D eigenvalue weighted by atomic mass is 19.4. The molecular formula is C16H16F4N2O3. The fourth-order valence-electron chi connectivity index (χ4n) is 2.23. The Kier molecular flexibility index (Phi) is 5.46. The Balaban J connectivity index is 2.32. The van der Waals surface area contributed by atoms with Gasteiger partial charge in [-0.05, 0) is 25.5 Å². The van der Waals surface area contributed by atoms with E-state index in [0.717, 1.165) is 6.07 Å². The number of aliphatic hydroxyl groups excluding tert-OH is 1. The number of carbonyl (C=O) groups is 1. The van der Waals surface area contributed by atoms with E-state index in [2.05, 4.69) is 10.5 Å². The number of hydrogen-bond acceptors (Lipinski definition) is 4. The zero-order chi connectivity index (χ0) is 18.8. The number of carbonyl (C=O) groups excluding carboxylic acids is 1. The van der Waals surface area contributed by atoms with Gasteiger partial charge in [0.25, 0.3) is 5.91 Å². The molecule has 25 heavy (non-hydrogen) atoms. The van der Waals surface area contributed by atoms with E-state index in [9.17, 15) is 22.4 Å². The Bertz CT molecular complexity index is 767. The predicted molar refractivity (Wildman–Crippen MR) is 80.3 cm³/mol. The SMILES string of the molecule is CC[C@H](CO)NC(=O)c1noc(-c2ccc(C(F)(F)F)c(F)c2)c1C. The van der Waals surface area contributed by atoms with Gasteiger partial charge in [-0.1, -0.05) is 18.1 Å². The van der Waals surface area contributed by atoms with Crippen molar-refractivity contribution in [2.45, 2.75) is 32.5 Å². The summed E-state index contributed by atoms with van der Waals surface area (Å²) in [5.41, 5.74) is -1.18. The van der Waals surface area contributed by atoms with Gasteiger partial charge >= 0.3 is 6.18 Å². The van der Waals surface area contributed by atoms with Crippen LogP contribution in [0.15, 0.2) is 22.7 Å². The van der Waals surface area contributed by atoms with Gasteiger partial charge in [0.1, 0.15) is 5.82 Å². The van der Waals surface area contributed by atoms with E-state index < -0.39 is 29.5 Å². The first-order valence-corrected chi connectivity index (χ1v) is 7.44. The molecule has 1 heterocycles. The number of hydrogen-bond donors (Lipinski definition) is 2. The molecule has 2 rings (SSSR count). The molecule has 1 aromatic carbocycles. The Morgan fingerprint density at radius 1 is 1.40 bits per heavy atom. The maximum Gasteiger partial charge on any atom is 0.419 e. The lowest BCUT2D eigenvalue weighted by Gasteiger charge is -2.12. The molecule has 1 aromatic heterocycles. The van der Waals surface area contributed by atoms with Gasteiger partial charge in [0.15, 0.2) is 11.5 Å². The van der Waals surface area contributed by atoms with Crippen LogP contribution < -0.4 is 5.32 Å². The number of aliphatic hydroxyl groups is 1. The van der Waals surface area contributed by atoms with Gasteiger partial charge in [0.2, 0.25) is 0 Å². The van der Waals surface area contributed by atoms with Crippen LogP contribution in [0, 0.1) is 12.7 Å². The molecule has 0 spiro atoms. The van der Waals surface area contributed by atoms with E-state index in [0.29, 0.717) is 18.6 Å². The van der Waals surface area contributed by atoms with Crippen molar-refractivity contribution < 1.29 is 32.0 Å². The van der Waals surface area contributed by atoms with Crippen molar-refractivity contribution in [3.8, 4) is 11.3 Å². The minimum absolute atomic E-state index is 0.00479. The first kappa shape index (κ1) is 18.9. The second-order valence-corrected chi connectivity index (χ2v) is 5.44. The van der Waals surface area contributed by atoms with Crippen molar-refractivity contribution in [2.75, 3.05) is 6.61 Å². The summed E-state index contributed by atoms with van der Waals surface area (Å²) in [5.74, 6) is -2.05. The lowest BCUT2D eigenvalue weighted by molar-refractivity contribution is -0.139. The molecule has 0 radical (unpaired) electrons. The van der Waals surface area contributed by atoms with E-state index in [1.807, 2.05) is 0 Å². The third kappa shape index (κ3) is 3.98. The molecule has 2 aromatic rings. The van der Waals surface area contributed by atoms with Crippen LogP contribution in [-0.4, -0.2) is 28.8 Å². The van der Waals surface area contributed by atoms with Crippen LogP contribution >= 0.6 is 0 Å². The molecule has 0 aliphatic heterocycles. The number of rotatable bonds is 5. The number of nitrogens with zero attached hydrogens (tertiary/aromatic N) is 1. The summed E-state index contributed by atoms with van der Waals surface area (Å²) in [7, 11) is 0. The number of amides is 1. The van der Waals surface area contributed by atoms with Crippen molar-refractivity contribution in [1.29, 1.82) is 0 Å². The van der Waals surface area contributed by atoms with Crippen molar-refractivity contribution in [3.05, 3.63) is 40.8 Å². The second-order valence-electron chi connectivity index (χ2n) is 5.44. The average molecular weight is 360 g/mol. The molecule has 0 bridgehead atoms. The highest BCUT2D eigenvalue weighted by Gasteiger charge is 2.34. The van der Waals surface area contributed by atoms with E-state index in [1.54, 1.807) is 6.92 Å². The summed E-state index contributed by atoms with van der Waals surface area (Å²) in [6.07, 6.45) is -4.31. The lowest BCUT2D eigenvalue weighted by atomic mass is 10.0. The number of aromatic nitrogens is 1. The third-order valence-corrected chi connectivity index (χ3v) is 3.72. The minimum atomic E-state index is -4.80. The maximum atomic E-state index is 13.7. The van der Waals surface area contributed by atoms with Crippen LogP contribution in [0.4, 0.5) is 17.6 Å². The number of halogens is 4. The second kappa shape index (κ2) is 7.22. The van der Waals surface area contributed by atoms with Gasteiger partial charge in [-0.3, -0.25) is 4.79 Å². The summed E-state index contributed by atoms with van der Waals surface area (Å²) in [6, 6.07) is 1.87. The van der Waals surface area contributed by atoms with Crippen LogP contribution in [-0.2, 0) is 6.18 Å². The van der Waals surface area contributed by atoms with Gasteiger partial charge in [0, 0.05) is 11.1 Å². The zero-order valence-corrected chi connectivity index (χ0v) is 13.4. The molecule has 0 fully saturated rings. The van der Waals surface area contributed by atoms with E-state index in [-0.39, 0.29) is 29.2 Å². The molecule has 1 atom stereocenters. The summed E-state index contributed by atoms with van der Waals surface area (Å²) in [4.78, 5) is 12.1. The van der Waals surface area contributed by atoms with Gasteiger partial charge < -0.3 is 14.9 Å². The van der Waals surface area contributed by atoms with Crippen molar-refractivity contribution >= 4 is 5.91 Å². The molecule has 0 saturated heterocycles. The van der Waals surface area contributed by atoms with Crippen molar-refractivity contribution in [2.24, 2.45) is 0 Å². The molecule has 0 unspecified atom stereocenters. The normalized spacial score (nSPS) is 12.9. The van der Waals surface area contributed by atoms with E-state index in [4.69, 9.17) is 9.63 Å². The molecule has 0 aliphatic carbocycles. The Morgan fingerprint density at radius 3 is 2.60 bits per heavy atom. The number of benzene rings is 1. The number of nitrogens with one attached hydrogen (secondary N) is 1. The summed E-state index contributed by atoms with van der Waals surface area (Å²) >= 11 is 0. The molecule has 9 heteroatoms. The van der Waals surface area contributed by atoms with Gasteiger partial charge in [-0.2, -0.15) is 13.2 Å². The first-order chi connectivity index (χ1) is 11.7. The molecule has 2 N–H and O–H groups in total. The molecule has 0 aliphatic rings. The fourth-order valence-corrected chi connectivity index (χ4v) is 2.23. The Hall–Kier alpha value is -2.42. The highest BCUT2D eigenvalue weighted by molar-refractivity contribution is 5.95. The molecule has 1 amide bonds. The molecule has 5 nitrogen and oxygen atoms in total. The topological polar surface area (TPSA) is 75.4 Å².